The van der Waals surface area contributed by atoms with E-state index in [1.807, 2.05) is 0 Å². The number of nitrogens with zero attached hydrogens (tertiary/aromatic N) is 3. The predicted octanol–water partition coefficient (Wildman–Crippen LogP) is 0.816. The monoisotopic (exact) mass is 294 g/mol. The fourth-order valence-electron chi connectivity index (χ4n) is 2.30. The molecule has 0 saturated carbocycles. The van der Waals surface area contributed by atoms with Gasteiger partial charge in [-0.2, -0.15) is 0 Å². The molecule has 1 aliphatic rings. The van der Waals surface area contributed by atoms with Crippen LogP contribution in [0.25, 0.3) is 0 Å². The topological polar surface area (TPSA) is 76.6 Å². The van der Waals surface area contributed by atoms with Crippen LogP contribution in [-0.4, -0.2) is 56.0 Å². The van der Waals surface area contributed by atoms with Crippen LogP contribution in [0.4, 0.5) is 5.82 Å². The molecule has 116 valence electrons. The zero-order valence-corrected chi connectivity index (χ0v) is 12.5. The van der Waals surface area contributed by atoms with E-state index in [0.717, 1.165) is 31.7 Å². The van der Waals surface area contributed by atoms with Crippen molar-refractivity contribution < 1.29 is 14.3 Å². The van der Waals surface area contributed by atoms with Gasteiger partial charge in [-0.15, -0.1) is 0 Å². The summed E-state index contributed by atoms with van der Waals surface area (Å²) in [6.07, 6.45) is 4.55. The predicted molar refractivity (Wildman–Crippen MR) is 78.2 cm³/mol. The molecule has 0 atom stereocenters. The molecular formula is C14H22N4O3. The van der Waals surface area contributed by atoms with Crippen LogP contribution in [0.5, 0.6) is 0 Å². The van der Waals surface area contributed by atoms with Crippen molar-refractivity contribution in [1.29, 1.82) is 0 Å². The van der Waals surface area contributed by atoms with E-state index in [-0.39, 0.29) is 12.5 Å². The Balaban J connectivity index is 1.97. The highest BCUT2D eigenvalue weighted by atomic mass is 16.7. The average Bonchev–Trinajstić information content (AvgIpc) is 2.56. The minimum absolute atomic E-state index is 0.255. The fraction of sp³-hybridized carbons (Fsp3) is 0.643. The molecule has 0 aliphatic carbocycles. The molecule has 2 heterocycles. The van der Waals surface area contributed by atoms with Crippen molar-refractivity contribution in [2.24, 2.45) is 0 Å². The van der Waals surface area contributed by atoms with E-state index in [1.54, 1.807) is 6.07 Å². The molecule has 0 bridgehead atoms. The second-order valence-electron chi connectivity index (χ2n) is 4.92. The van der Waals surface area contributed by atoms with Gasteiger partial charge < -0.3 is 19.7 Å². The van der Waals surface area contributed by atoms with Crippen LogP contribution in [0.15, 0.2) is 12.4 Å². The number of aromatic nitrogens is 2. The van der Waals surface area contributed by atoms with Gasteiger partial charge in [0, 0.05) is 33.4 Å². The lowest BCUT2D eigenvalue weighted by Gasteiger charge is -2.27. The average molecular weight is 294 g/mol. The first-order chi connectivity index (χ1) is 10.2. The number of carbonyl (C=O) groups is 1. The molecular weight excluding hydrogens is 272 g/mol. The lowest BCUT2D eigenvalue weighted by Crippen LogP contribution is -2.35. The Kier molecular flexibility index (Phi) is 5.89. The van der Waals surface area contributed by atoms with Crippen molar-refractivity contribution in [1.82, 2.24) is 15.3 Å². The van der Waals surface area contributed by atoms with E-state index in [9.17, 15) is 4.79 Å². The number of rotatable bonds is 6. The van der Waals surface area contributed by atoms with Crippen LogP contribution in [-0.2, 0) is 9.47 Å². The number of methoxy groups -OCH3 is 2. The quantitative estimate of drug-likeness (QED) is 0.783. The Morgan fingerprint density at radius 3 is 2.67 bits per heavy atom. The van der Waals surface area contributed by atoms with Crippen molar-refractivity contribution in [3.8, 4) is 0 Å². The Labute approximate surface area is 124 Å². The summed E-state index contributed by atoms with van der Waals surface area (Å²) in [5.41, 5.74) is 0.358. The summed E-state index contributed by atoms with van der Waals surface area (Å²) in [7, 11) is 3.05. The van der Waals surface area contributed by atoms with Gasteiger partial charge in [0.25, 0.3) is 5.91 Å². The summed E-state index contributed by atoms with van der Waals surface area (Å²) < 4.78 is 10.1. The lowest BCUT2D eigenvalue weighted by molar-refractivity contribution is -0.0974. The maximum absolute atomic E-state index is 12.1. The zero-order valence-electron chi connectivity index (χ0n) is 12.5. The molecule has 1 fully saturated rings. The third-order valence-corrected chi connectivity index (χ3v) is 3.52. The van der Waals surface area contributed by atoms with Gasteiger partial charge in [0.2, 0.25) is 0 Å². The van der Waals surface area contributed by atoms with Gasteiger partial charge in [-0.25, -0.2) is 9.97 Å². The molecule has 1 N–H and O–H groups in total. The second kappa shape index (κ2) is 7.90. The third kappa shape index (κ3) is 4.37. The van der Waals surface area contributed by atoms with Crippen LogP contribution >= 0.6 is 0 Å². The molecule has 7 nitrogen and oxygen atoms in total. The Bertz CT molecular complexity index is 459. The molecule has 0 radical (unpaired) electrons. The normalized spacial score (nSPS) is 15.3. The van der Waals surface area contributed by atoms with Crippen LogP contribution in [0.2, 0.25) is 0 Å². The lowest BCUT2D eigenvalue weighted by atomic mass is 10.1. The van der Waals surface area contributed by atoms with Gasteiger partial charge in [0.1, 0.15) is 17.8 Å². The smallest absolute Gasteiger partial charge is 0.270 e. The highest BCUT2D eigenvalue weighted by Crippen LogP contribution is 2.17. The minimum atomic E-state index is -0.461. The molecule has 21 heavy (non-hydrogen) atoms. The highest BCUT2D eigenvalue weighted by molar-refractivity contribution is 5.92. The number of piperidine rings is 1. The number of nitrogens with one attached hydrogen (secondary N) is 1. The molecule has 0 spiro atoms. The molecule has 1 aromatic rings. The molecule has 1 aliphatic heterocycles. The largest absolute Gasteiger partial charge is 0.357 e. The van der Waals surface area contributed by atoms with Crippen molar-refractivity contribution in [3.63, 3.8) is 0 Å². The van der Waals surface area contributed by atoms with Crippen LogP contribution in [0, 0.1) is 0 Å². The van der Waals surface area contributed by atoms with Crippen LogP contribution in [0.3, 0.4) is 0 Å². The summed E-state index contributed by atoms with van der Waals surface area (Å²) in [6, 6.07) is 1.73. The fourth-order valence-corrected chi connectivity index (χ4v) is 2.30. The Hall–Kier alpha value is -1.73. The van der Waals surface area contributed by atoms with Crippen LogP contribution in [0.1, 0.15) is 29.8 Å². The molecule has 0 aromatic carbocycles. The maximum Gasteiger partial charge on any atom is 0.270 e. The molecule has 7 heteroatoms. The van der Waals surface area contributed by atoms with Gasteiger partial charge in [-0.1, -0.05) is 0 Å². The van der Waals surface area contributed by atoms with E-state index in [0.29, 0.717) is 5.69 Å². The van der Waals surface area contributed by atoms with E-state index in [4.69, 9.17) is 9.47 Å². The summed E-state index contributed by atoms with van der Waals surface area (Å²) >= 11 is 0. The number of hydrogen-bond acceptors (Lipinski definition) is 6. The number of ether oxygens (including phenoxy) is 2. The molecule has 1 amide bonds. The van der Waals surface area contributed by atoms with Crippen molar-refractivity contribution in [2.45, 2.75) is 25.6 Å². The first-order valence-electron chi connectivity index (χ1n) is 7.15. The Morgan fingerprint density at radius 2 is 2.00 bits per heavy atom. The van der Waals surface area contributed by atoms with E-state index in [2.05, 4.69) is 20.2 Å². The molecule has 2 rings (SSSR count). The Morgan fingerprint density at radius 1 is 1.29 bits per heavy atom. The highest BCUT2D eigenvalue weighted by Gasteiger charge is 2.16. The molecule has 1 saturated heterocycles. The maximum atomic E-state index is 12.1. The standard InChI is InChI=1S/C14H22N4O3/c1-20-13(21-2)9-15-14(19)11-8-12(17-10-16-11)18-6-4-3-5-7-18/h8,10,13H,3-7,9H2,1-2H3,(H,15,19). The van der Waals surface area contributed by atoms with E-state index >= 15 is 0 Å². The molecule has 1 aromatic heterocycles. The van der Waals surface area contributed by atoms with Crippen LogP contribution < -0.4 is 10.2 Å². The van der Waals surface area contributed by atoms with E-state index < -0.39 is 6.29 Å². The first kappa shape index (κ1) is 15.7. The van der Waals surface area contributed by atoms with Gasteiger partial charge >= 0.3 is 0 Å². The SMILES string of the molecule is COC(CNC(=O)c1cc(N2CCCCC2)ncn1)OC. The number of carbonyl (C=O) groups excluding carboxylic acids is 1. The zero-order chi connectivity index (χ0) is 15.1. The summed E-state index contributed by atoms with van der Waals surface area (Å²) in [5, 5.41) is 2.73. The van der Waals surface area contributed by atoms with Gasteiger partial charge in [0.05, 0.1) is 6.54 Å². The summed E-state index contributed by atoms with van der Waals surface area (Å²) in [6.45, 7) is 2.23. The first-order valence-corrected chi connectivity index (χ1v) is 7.15. The number of amides is 1. The van der Waals surface area contributed by atoms with Crippen molar-refractivity contribution >= 4 is 11.7 Å². The minimum Gasteiger partial charge on any atom is -0.357 e. The van der Waals surface area contributed by atoms with Crippen molar-refractivity contribution in [3.05, 3.63) is 18.1 Å². The molecule has 0 unspecified atom stereocenters. The van der Waals surface area contributed by atoms with Gasteiger partial charge in [-0.3, -0.25) is 4.79 Å². The second-order valence-corrected chi connectivity index (χ2v) is 4.92. The number of hydrogen-bond donors (Lipinski definition) is 1. The third-order valence-electron chi connectivity index (χ3n) is 3.52. The van der Waals surface area contributed by atoms with Gasteiger partial charge in [-0.05, 0) is 19.3 Å². The summed E-state index contributed by atoms with van der Waals surface area (Å²) in [4.78, 5) is 22.6. The van der Waals surface area contributed by atoms with Gasteiger partial charge in [0.15, 0.2) is 6.29 Å². The van der Waals surface area contributed by atoms with Crippen molar-refractivity contribution in [2.75, 3.05) is 38.8 Å². The number of anilines is 1. The van der Waals surface area contributed by atoms with E-state index in [1.165, 1.54) is 27.0 Å². The summed E-state index contributed by atoms with van der Waals surface area (Å²) in [5.74, 6) is 0.555.